The molecule has 0 heterocycles. The average Bonchev–Trinajstić information content (AvgIpc) is 3.39. The lowest BCUT2D eigenvalue weighted by molar-refractivity contribution is -0.131. The van der Waals surface area contributed by atoms with Crippen molar-refractivity contribution in [2.45, 2.75) is 39.2 Å². The van der Waals surface area contributed by atoms with Gasteiger partial charge >= 0.3 is 6.09 Å². The van der Waals surface area contributed by atoms with Crippen LogP contribution < -0.4 is 26.6 Å². The van der Waals surface area contributed by atoms with Crippen LogP contribution in [0, 0.1) is 5.41 Å². The summed E-state index contributed by atoms with van der Waals surface area (Å²) in [7, 11) is 0. The SMILES string of the molecule is CC(C)(C)COCNC(=O)CNC(=O)[C@H](Cc1ccccc1)NC(=O)CNC(=O)CNC(=O)OCC1c2ccccc2-c2ccccc21. The molecule has 12 heteroatoms. The average molecular weight is 658 g/mol. The van der Waals surface area contributed by atoms with Crippen molar-refractivity contribution in [2.75, 3.05) is 39.6 Å². The summed E-state index contributed by atoms with van der Waals surface area (Å²) in [4.78, 5) is 62.7. The van der Waals surface area contributed by atoms with Gasteiger partial charge in [-0.2, -0.15) is 0 Å². The molecule has 0 aromatic heterocycles. The molecule has 5 N–H and O–H groups in total. The Morgan fingerprint density at radius 2 is 1.25 bits per heavy atom. The highest BCUT2D eigenvalue weighted by atomic mass is 16.5. The Balaban J connectivity index is 1.20. The van der Waals surface area contributed by atoms with E-state index in [2.05, 4.69) is 26.6 Å². The Labute approximate surface area is 280 Å². The second-order valence-electron chi connectivity index (χ2n) is 12.6. The molecular weight excluding hydrogens is 614 g/mol. The van der Waals surface area contributed by atoms with Crippen LogP contribution in [0.5, 0.6) is 0 Å². The quantitative estimate of drug-likeness (QED) is 0.124. The van der Waals surface area contributed by atoms with Gasteiger partial charge < -0.3 is 36.1 Å². The summed E-state index contributed by atoms with van der Waals surface area (Å²) in [6.45, 7) is 5.42. The first-order valence-corrected chi connectivity index (χ1v) is 15.8. The van der Waals surface area contributed by atoms with E-state index in [9.17, 15) is 24.0 Å². The third kappa shape index (κ3) is 10.9. The third-order valence-electron chi connectivity index (χ3n) is 7.45. The number of nitrogens with one attached hydrogen (secondary N) is 5. The smallest absolute Gasteiger partial charge is 0.407 e. The predicted molar refractivity (Wildman–Crippen MR) is 180 cm³/mol. The first kappa shape index (κ1) is 35.6. The monoisotopic (exact) mass is 657 g/mol. The number of fused-ring (bicyclic) bond motifs is 3. The first-order chi connectivity index (χ1) is 23.0. The molecule has 3 aromatic carbocycles. The molecule has 1 aliphatic carbocycles. The highest BCUT2D eigenvalue weighted by molar-refractivity contribution is 5.92. The van der Waals surface area contributed by atoms with E-state index < -0.39 is 48.9 Å². The fraction of sp³-hybridized carbons (Fsp3) is 0.361. The van der Waals surface area contributed by atoms with Crippen LogP contribution in [0.3, 0.4) is 0 Å². The molecule has 0 aliphatic heterocycles. The van der Waals surface area contributed by atoms with Gasteiger partial charge in [-0.15, -0.1) is 0 Å². The normalized spacial score (nSPS) is 12.6. The molecule has 0 fully saturated rings. The summed E-state index contributed by atoms with van der Waals surface area (Å²) in [5, 5.41) is 12.6. The van der Waals surface area contributed by atoms with Gasteiger partial charge in [-0.05, 0) is 33.2 Å². The third-order valence-corrected chi connectivity index (χ3v) is 7.45. The molecule has 254 valence electrons. The van der Waals surface area contributed by atoms with Crippen molar-refractivity contribution in [3.8, 4) is 11.1 Å². The summed E-state index contributed by atoms with van der Waals surface area (Å²) in [5.41, 5.74) is 5.07. The van der Waals surface area contributed by atoms with Crippen molar-refractivity contribution >= 4 is 29.7 Å². The van der Waals surface area contributed by atoms with E-state index in [0.29, 0.717) is 6.61 Å². The van der Waals surface area contributed by atoms with E-state index in [-0.39, 0.29) is 37.6 Å². The van der Waals surface area contributed by atoms with Crippen molar-refractivity contribution in [1.29, 1.82) is 0 Å². The Morgan fingerprint density at radius 1 is 0.688 bits per heavy atom. The van der Waals surface area contributed by atoms with Gasteiger partial charge in [0.2, 0.25) is 23.6 Å². The number of alkyl carbamates (subject to hydrolysis) is 1. The second kappa shape index (κ2) is 17.1. The molecule has 4 rings (SSSR count). The number of carbonyl (C=O) groups is 5. The van der Waals surface area contributed by atoms with Crippen LogP contribution in [-0.4, -0.2) is 75.3 Å². The maximum absolute atomic E-state index is 13.0. The van der Waals surface area contributed by atoms with Crippen LogP contribution in [0.2, 0.25) is 0 Å². The Bertz CT molecular complexity index is 1540. The molecule has 0 unspecified atom stereocenters. The molecule has 1 atom stereocenters. The maximum atomic E-state index is 13.0. The highest BCUT2D eigenvalue weighted by Crippen LogP contribution is 2.44. The number of hydrogen-bond acceptors (Lipinski definition) is 7. The predicted octanol–water partition coefficient (Wildman–Crippen LogP) is 2.62. The lowest BCUT2D eigenvalue weighted by Gasteiger charge is -2.19. The number of benzene rings is 3. The molecule has 5 amide bonds. The van der Waals surface area contributed by atoms with E-state index in [1.54, 1.807) is 12.1 Å². The van der Waals surface area contributed by atoms with Crippen molar-refractivity contribution in [2.24, 2.45) is 5.41 Å². The zero-order chi connectivity index (χ0) is 34.5. The Kier molecular flexibility index (Phi) is 12.7. The molecule has 48 heavy (non-hydrogen) atoms. The van der Waals surface area contributed by atoms with Crippen molar-refractivity contribution in [3.05, 3.63) is 95.6 Å². The number of rotatable bonds is 15. The van der Waals surface area contributed by atoms with E-state index in [0.717, 1.165) is 27.8 Å². The van der Waals surface area contributed by atoms with Crippen LogP contribution >= 0.6 is 0 Å². The molecule has 3 aromatic rings. The zero-order valence-electron chi connectivity index (χ0n) is 27.5. The first-order valence-electron chi connectivity index (χ1n) is 15.8. The molecule has 1 aliphatic rings. The Hall–Kier alpha value is -5.23. The fourth-order valence-electron chi connectivity index (χ4n) is 5.19. The second-order valence-corrected chi connectivity index (χ2v) is 12.6. The minimum atomic E-state index is -1.01. The summed E-state index contributed by atoms with van der Waals surface area (Å²) < 4.78 is 10.9. The van der Waals surface area contributed by atoms with Crippen molar-refractivity contribution < 1.29 is 33.4 Å². The molecule has 0 spiro atoms. The minimum absolute atomic E-state index is 0.00596. The van der Waals surface area contributed by atoms with Gasteiger partial charge in [-0.25, -0.2) is 4.79 Å². The van der Waals surface area contributed by atoms with E-state index in [1.165, 1.54) is 0 Å². The van der Waals surface area contributed by atoms with Crippen molar-refractivity contribution in [1.82, 2.24) is 26.6 Å². The number of hydrogen-bond donors (Lipinski definition) is 5. The van der Waals surface area contributed by atoms with Gasteiger partial charge in [-0.3, -0.25) is 19.2 Å². The zero-order valence-corrected chi connectivity index (χ0v) is 27.5. The van der Waals surface area contributed by atoms with Crippen LogP contribution in [0.1, 0.15) is 43.4 Å². The number of ether oxygens (including phenoxy) is 2. The molecule has 12 nitrogen and oxygen atoms in total. The summed E-state index contributed by atoms with van der Waals surface area (Å²) >= 11 is 0. The van der Waals surface area contributed by atoms with Crippen LogP contribution in [0.4, 0.5) is 4.79 Å². The van der Waals surface area contributed by atoms with Gasteiger partial charge in [0, 0.05) is 12.3 Å². The summed E-state index contributed by atoms with van der Waals surface area (Å²) in [5.74, 6) is -2.38. The van der Waals surface area contributed by atoms with Gasteiger partial charge in [0.25, 0.3) is 0 Å². The van der Waals surface area contributed by atoms with Crippen LogP contribution in [-0.2, 0) is 35.1 Å². The molecule has 0 radical (unpaired) electrons. The van der Waals surface area contributed by atoms with Gasteiger partial charge in [0.15, 0.2) is 0 Å². The number of amides is 5. The highest BCUT2D eigenvalue weighted by Gasteiger charge is 2.29. The van der Waals surface area contributed by atoms with Crippen LogP contribution in [0.25, 0.3) is 11.1 Å². The maximum Gasteiger partial charge on any atom is 0.407 e. The minimum Gasteiger partial charge on any atom is -0.449 e. The van der Waals surface area contributed by atoms with Crippen molar-refractivity contribution in [3.63, 3.8) is 0 Å². The molecule has 0 bridgehead atoms. The molecule has 0 saturated heterocycles. The van der Waals surface area contributed by atoms with E-state index in [4.69, 9.17) is 9.47 Å². The lowest BCUT2D eigenvalue weighted by atomic mass is 9.98. The summed E-state index contributed by atoms with van der Waals surface area (Å²) in [6, 6.07) is 24.0. The lowest BCUT2D eigenvalue weighted by Crippen LogP contribution is -2.52. The largest absolute Gasteiger partial charge is 0.449 e. The van der Waals surface area contributed by atoms with Crippen LogP contribution in [0.15, 0.2) is 78.9 Å². The van der Waals surface area contributed by atoms with Gasteiger partial charge in [0.05, 0.1) is 19.7 Å². The molecular formula is C36H43N5O7. The van der Waals surface area contributed by atoms with Gasteiger partial charge in [0.1, 0.15) is 25.9 Å². The van der Waals surface area contributed by atoms with E-state index in [1.807, 2.05) is 87.5 Å². The topological polar surface area (TPSA) is 164 Å². The molecule has 0 saturated carbocycles. The number of carbonyl (C=O) groups excluding carboxylic acids is 5. The summed E-state index contributed by atoms with van der Waals surface area (Å²) in [6.07, 6.45) is -0.604. The fourth-order valence-corrected chi connectivity index (χ4v) is 5.19. The van der Waals surface area contributed by atoms with E-state index >= 15 is 0 Å². The standard InChI is InChI=1S/C36H43N5O7/c1-36(2,3)22-47-23-40-32(43)18-38-34(45)30(17-24-11-5-4-6-12-24)41-33(44)20-37-31(42)19-39-35(46)48-21-29-27-15-9-7-13-25(27)26-14-8-10-16-28(26)29/h4-16,29-30H,17-23H2,1-3H3,(H,37,42)(H,38,45)(H,39,46)(H,40,43)(H,41,44)/t30-/m0/s1. The van der Waals surface area contributed by atoms with Gasteiger partial charge in [-0.1, -0.05) is 99.6 Å². The Morgan fingerprint density at radius 3 is 1.90 bits per heavy atom.